The Balaban J connectivity index is 2.13. The Labute approximate surface area is 123 Å². The van der Waals surface area contributed by atoms with E-state index in [4.69, 9.17) is 0 Å². The van der Waals surface area contributed by atoms with Crippen LogP contribution >= 0.6 is 0 Å². The maximum absolute atomic E-state index is 11.9. The van der Waals surface area contributed by atoms with Crippen LogP contribution in [0, 0.1) is 0 Å². The zero-order chi connectivity index (χ0) is 14.7. The molecule has 0 amide bonds. The fourth-order valence-electron chi connectivity index (χ4n) is 2.51. The van der Waals surface area contributed by atoms with Gasteiger partial charge in [-0.15, -0.1) is 0 Å². The van der Waals surface area contributed by atoms with E-state index in [0.717, 1.165) is 11.1 Å². The molecule has 0 aliphatic carbocycles. The molecule has 1 unspecified atom stereocenters. The van der Waals surface area contributed by atoms with Crippen molar-refractivity contribution in [2.24, 2.45) is 0 Å². The third kappa shape index (κ3) is 2.34. The summed E-state index contributed by atoms with van der Waals surface area (Å²) in [6, 6.07) is 19.0. The maximum atomic E-state index is 11.9. The number of aliphatic carboxylic acids is 1. The minimum absolute atomic E-state index is 0.704. The summed E-state index contributed by atoms with van der Waals surface area (Å²) in [5, 5.41) is 12.8. The molecule has 2 aromatic carbocycles. The number of benzene rings is 2. The van der Waals surface area contributed by atoms with E-state index in [1.54, 1.807) is 12.3 Å². The molecule has 2 aromatic rings. The predicted octanol–water partition coefficient (Wildman–Crippen LogP) is 3.17. The summed E-state index contributed by atoms with van der Waals surface area (Å²) in [5.74, 6) is -0.925. The molecule has 3 rings (SSSR count). The quantitative estimate of drug-likeness (QED) is 0.906. The molecule has 3 nitrogen and oxygen atoms in total. The van der Waals surface area contributed by atoms with E-state index in [9.17, 15) is 9.90 Å². The fraction of sp³-hybridized carbons (Fsp3) is 0.0556. The molecule has 0 fully saturated rings. The third-order valence-electron chi connectivity index (χ3n) is 3.62. The molecule has 104 valence electrons. The van der Waals surface area contributed by atoms with Crippen LogP contribution in [0.3, 0.4) is 0 Å². The third-order valence-corrected chi connectivity index (χ3v) is 3.62. The van der Waals surface area contributed by atoms with Crippen LogP contribution in [-0.2, 0) is 10.3 Å². The van der Waals surface area contributed by atoms with Crippen LogP contribution in [-0.4, -0.2) is 11.1 Å². The zero-order valence-electron chi connectivity index (χ0n) is 11.4. The highest BCUT2D eigenvalue weighted by Crippen LogP contribution is 2.31. The van der Waals surface area contributed by atoms with Crippen LogP contribution in [0.4, 0.5) is 0 Å². The van der Waals surface area contributed by atoms with Crippen molar-refractivity contribution in [3.05, 3.63) is 90.1 Å². The molecule has 0 bridgehead atoms. The summed E-state index contributed by atoms with van der Waals surface area (Å²) < 4.78 is 0. The smallest absolute Gasteiger partial charge is 0.338 e. The first kappa shape index (κ1) is 13.2. The van der Waals surface area contributed by atoms with Crippen molar-refractivity contribution in [3.63, 3.8) is 0 Å². The number of allylic oxidation sites excluding steroid dienone is 2. The van der Waals surface area contributed by atoms with Crippen LogP contribution in [0.1, 0.15) is 11.1 Å². The Hall–Kier alpha value is -2.81. The van der Waals surface area contributed by atoms with Gasteiger partial charge >= 0.3 is 5.97 Å². The summed E-state index contributed by atoms with van der Waals surface area (Å²) in [4.78, 5) is 11.9. The van der Waals surface area contributed by atoms with Crippen molar-refractivity contribution in [3.8, 4) is 0 Å². The van der Waals surface area contributed by atoms with Crippen LogP contribution in [0.25, 0.3) is 5.57 Å². The molecule has 0 spiro atoms. The summed E-state index contributed by atoms with van der Waals surface area (Å²) in [6.07, 6.45) is 5.35. The first-order valence-corrected chi connectivity index (χ1v) is 6.74. The van der Waals surface area contributed by atoms with Gasteiger partial charge in [-0.3, -0.25) is 0 Å². The van der Waals surface area contributed by atoms with E-state index in [0.29, 0.717) is 5.56 Å². The molecule has 0 saturated heterocycles. The second-order valence-electron chi connectivity index (χ2n) is 4.92. The average Bonchev–Trinajstić information content (AvgIpc) is 2.56. The molecule has 0 aromatic heterocycles. The Kier molecular flexibility index (Phi) is 3.32. The van der Waals surface area contributed by atoms with Gasteiger partial charge in [0.25, 0.3) is 0 Å². The summed E-state index contributed by atoms with van der Waals surface area (Å²) in [7, 11) is 0. The van der Waals surface area contributed by atoms with Gasteiger partial charge in [-0.1, -0.05) is 60.7 Å². The minimum Gasteiger partial charge on any atom is -0.479 e. The first-order chi connectivity index (χ1) is 10.2. The first-order valence-electron chi connectivity index (χ1n) is 6.74. The molecular weight excluding hydrogens is 262 g/mol. The highest BCUT2D eigenvalue weighted by molar-refractivity contribution is 5.89. The van der Waals surface area contributed by atoms with Crippen molar-refractivity contribution in [2.75, 3.05) is 0 Å². The lowest BCUT2D eigenvalue weighted by Crippen LogP contribution is -2.46. The van der Waals surface area contributed by atoms with Crippen molar-refractivity contribution < 1.29 is 9.90 Å². The molecule has 0 radical (unpaired) electrons. The fourth-order valence-corrected chi connectivity index (χ4v) is 2.51. The second kappa shape index (κ2) is 5.29. The van der Waals surface area contributed by atoms with Gasteiger partial charge in [0.1, 0.15) is 0 Å². The zero-order valence-corrected chi connectivity index (χ0v) is 11.4. The number of rotatable bonds is 3. The molecule has 2 N–H and O–H groups in total. The monoisotopic (exact) mass is 277 g/mol. The van der Waals surface area contributed by atoms with E-state index in [1.807, 2.05) is 66.7 Å². The number of dihydropyridines is 1. The van der Waals surface area contributed by atoms with E-state index in [1.165, 1.54) is 0 Å². The van der Waals surface area contributed by atoms with Gasteiger partial charge < -0.3 is 10.4 Å². The normalized spacial score (nSPS) is 20.5. The lowest BCUT2D eigenvalue weighted by Gasteiger charge is -2.30. The molecule has 1 heterocycles. The lowest BCUT2D eigenvalue weighted by atomic mass is 9.84. The summed E-state index contributed by atoms with van der Waals surface area (Å²) in [5.41, 5.74) is 1.36. The Bertz CT molecular complexity index is 705. The molecule has 21 heavy (non-hydrogen) atoms. The molecule has 1 aliphatic heterocycles. The number of carboxylic acid groups (broad SMARTS) is 1. The van der Waals surface area contributed by atoms with Gasteiger partial charge in [-0.25, -0.2) is 4.79 Å². The Morgan fingerprint density at radius 3 is 2.19 bits per heavy atom. The molecule has 1 aliphatic rings. The standard InChI is InChI=1S/C18H15NO2/c20-17(21)18(16-9-5-2-6-10-16)13-15(11-12-19-18)14-7-3-1-4-8-14/h1-13,19H,(H,20,21). The van der Waals surface area contributed by atoms with Gasteiger partial charge in [0, 0.05) is 0 Å². The van der Waals surface area contributed by atoms with Crippen molar-refractivity contribution >= 4 is 11.5 Å². The molecule has 3 heteroatoms. The van der Waals surface area contributed by atoms with Crippen molar-refractivity contribution in [1.82, 2.24) is 5.32 Å². The van der Waals surface area contributed by atoms with Crippen LogP contribution < -0.4 is 5.32 Å². The number of carbonyl (C=O) groups is 1. The minimum atomic E-state index is -1.23. The average molecular weight is 277 g/mol. The van der Waals surface area contributed by atoms with Crippen LogP contribution in [0.5, 0.6) is 0 Å². The predicted molar refractivity (Wildman–Crippen MR) is 82.5 cm³/mol. The van der Waals surface area contributed by atoms with E-state index in [-0.39, 0.29) is 0 Å². The number of hydrogen-bond donors (Lipinski definition) is 2. The second-order valence-corrected chi connectivity index (χ2v) is 4.92. The Morgan fingerprint density at radius 2 is 1.57 bits per heavy atom. The summed E-state index contributed by atoms with van der Waals surface area (Å²) >= 11 is 0. The largest absolute Gasteiger partial charge is 0.479 e. The SMILES string of the molecule is O=C(O)C1(c2ccccc2)C=C(c2ccccc2)C=CN1. The highest BCUT2D eigenvalue weighted by atomic mass is 16.4. The maximum Gasteiger partial charge on any atom is 0.338 e. The topological polar surface area (TPSA) is 49.3 Å². The van der Waals surface area contributed by atoms with Crippen LogP contribution in [0.15, 0.2) is 79.0 Å². The van der Waals surface area contributed by atoms with Gasteiger partial charge in [-0.2, -0.15) is 0 Å². The van der Waals surface area contributed by atoms with Crippen molar-refractivity contribution in [1.29, 1.82) is 0 Å². The van der Waals surface area contributed by atoms with Gasteiger partial charge in [-0.05, 0) is 35.1 Å². The molecule has 1 atom stereocenters. The van der Waals surface area contributed by atoms with E-state index >= 15 is 0 Å². The van der Waals surface area contributed by atoms with E-state index in [2.05, 4.69) is 5.32 Å². The van der Waals surface area contributed by atoms with E-state index < -0.39 is 11.5 Å². The number of hydrogen-bond acceptors (Lipinski definition) is 2. The van der Waals surface area contributed by atoms with Crippen LogP contribution in [0.2, 0.25) is 0 Å². The van der Waals surface area contributed by atoms with Gasteiger partial charge in [0.15, 0.2) is 5.54 Å². The van der Waals surface area contributed by atoms with Crippen molar-refractivity contribution in [2.45, 2.75) is 5.54 Å². The van der Waals surface area contributed by atoms with Gasteiger partial charge in [0.2, 0.25) is 0 Å². The number of carboxylic acids is 1. The molecular formula is C18H15NO2. The lowest BCUT2D eigenvalue weighted by molar-refractivity contribution is -0.142. The highest BCUT2D eigenvalue weighted by Gasteiger charge is 2.39. The van der Waals surface area contributed by atoms with Gasteiger partial charge in [0.05, 0.1) is 0 Å². The Morgan fingerprint density at radius 1 is 0.952 bits per heavy atom. The summed E-state index contributed by atoms with van der Waals surface area (Å²) in [6.45, 7) is 0. The number of nitrogens with one attached hydrogen (secondary N) is 1. The molecule has 0 saturated carbocycles.